The van der Waals surface area contributed by atoms with Crippen molar-refractivity contribution in [1.82, 2.24) is 15.1 Å². The molecule has 2 aliphatic heterocycles. The van der Waals surface area contributed by atoms with Gasteiger partial charge in [0.25, 0.3) is 0 Å². The molecule has 2 aliphatic rings. The normalized spacial score (nSPS) is 15.0. The number of rotatable bonds is 8. The summed E-state index contributed by atoms with van der Waals surface area (Å²) < 4.78 is 0. The molecule has 3 rings (SSSR count). The van der Waals surface area contributed by atoms with Gasteiger partial charge in [-0.2, -0.15) is 10.5 Å². The third-order valence-corrected chi connectivity index (χ3v) is 6.43. The molecule has 194 valence electrons. The monoisotopic (exact) mass is 502 g/mol. The second kappa shape index (κ2) is 18.3. The number of hydrogen-bond acceptors (Lipinski definition) is 7. The number of thioether (sulfide) groups is 1. The van der Waals surface area contributed by atoms with E-state index in [0.717, 1.165) is 11.6 Å². The highest BCUT2D eigenvalue weighted by atomic mass is 32.2. The number of nitrogens with one attached hydrogen (secondary N) is 2. The van der Waals surface area contributed by atoms with E-state index in [1.807, 2.05) is 14.0 Å². The topological polar surface area (TPSA) is 112 Å². The predicted molar refractivity (Wildman–Crippen MR) is 147 cm³/mol. The summed E-state index contributed by atoms with van der Waals surface area (Å²) in [6.07, 6.45) is 6.53. The number of nitriles is 2. The number of piperidine rings is 1. The van der Waals surface area contributed by atoms with E-state index in [2.05, 4.69) is 46.4 Å². The molecule has 2 N–H and O–H groups in total. The Hall–Kier alpha value is -3.01. The molecule has 0 saturated carbocycles. The van der Waals surface area contributed by atoms with Crippen LogP contribution < -0.4 is 10.6 Å². The van der Waals surface area contributed by atoms with Crippen molar-refractivity contribution in [1.29, 1.82) is 10.5 Å². The SMILES string of the molecule is C=C1SCC(=O)N1CC.CNc1cccc(CCCN2CCCCC2)c1.N#CCNC(=O)CC#N.[HH].[HH]. The minimum Gasteiger partial charge on any atom is -0.388 e. The number of nitrogens with zero attached hydrogens (tertiary/aromatic N) is 4. The summed E-state index contributed by atoms with van der Waals surface area (Å²) in [4.78, 5) is 25.5. The average molecular weight is 503 g/mol. The van der Waals surface area contributed by atoms with Crippen molar-refractivity contribution in [3.8, 4) is 12.1 Å². The number of benzene rings is 1. The lowest BCUT2D eigenvalue weighted by molar-refractivity contribution is -0.125. The van der Waals surface area contributed by atoms with Crippen molar-refractivity contribution in [3.05, 3.63) is 41.4 Å². The van der Waals surface area contributed by atoms with Gasteiger partial charge in [0.2, 0.25) is 11.8 Å². The molecule has 0 atom stereocenters. The Morgan fingerprint density at radius 1 is 1.23 bits per heavy atom. The quantitative estimate of drug-likeness (QED) is 0.512. The second-order valence-corrected chi connectivity index (χ2v) is 9.09. The minimum absolute atomic E-state index is 0. The van der Waals surface area contributed by atoms with Gasteiger partial charge in [0.1, 0.15) is 13.0 Å². The maximum absolute atomic E-state index is 10.9. The molecular weight excluding hydrogens is 460 g/mol. The van der Waals surface area contributed by atoms with Crippen molar-refractivity contribution < 1.29 is 12.4 Å². The molecule has 2 saturated heterocycles. The molecule has 1 aromatic rings. The predicted octanol–water partition coefficient (Wildman–Crippen LogP) is 4.23. The largest absolute Gasteiger partial charge is 0.388 e. The first-order chi connectivity index (χ1) is 16.9. The molecule has 2 heterocycles. The summed E-state index contributed by atoms with van der Waals surface area (Å²) in [6.45, 7) is 10.3. The zero-order valence-electron chi connectivity index (χ0n) is 21.0. The molecule has 2 fully saturated rings. The van der Waals surface area contributed by atoms with Crippen LogP contribution in [0, 0.1) is 22.7 Å². The molecule has 9 heteroatoms. The molecule has 0 bridgehead atoms. The van der Waals surface area contributed by atoms with E-state index in [-0.39, 0.29) is 21.7 Å². The second-order valence-electron chi connectivity index (χ2n) is 8.05. The van der Waals surface area contributed by atoms with Gasteiger partial charge in [-0.25, -0.2) is 0 Å². The van der Waals surface area contributed by atoms with Crippen molar-refractivity contribution in [2.75, 3.05) is 50.8 Å². The molecule has 0 aliphatic carbocycles. The van der Waals surface area contributed by atoms with E-state index < -0.39 is 5.91 Å². The molecule has 0 unspecified atom stereocenters. The molecule has 1 aromatic carbocycles. The number of likely N-dealkylation sites (tertiary alicyclic amines) is 1. The van der Waals surface area contributed by atoms with Crippen molar-refractivity contribution in [2.45, 2.75) is 45.4 Å². The third kappa shape index (κ3) is 12.9. The average Bonchev–Trinajstić information content (AvgIpc) is 3.21. The van der Waals surface area contributed by atoms with E-state index in [1.54, 1.807) is 17.0 Å². The summed E-state index contributed by atoms with van der Waals surface area (Å²) in [5.74, 6) is 0.360. The molecule has 8 nitrogen and oxygen atoms in total. The van der Waals surface area contributed by atoms with Gasteiger partial charge < -0.3 is 20.4 Å². The number of carbonyl (C=O) groups is 2. The fourth-order valence-corrected chi connectivity index (χ4v) is 4.47. The van der Waals surface area contributed by atoms with E-state index >= 15 is 0 Å². The van der Waals surface area contributed by atoms with Gasteiger partial charge in [0.05, 0.1) is 22.9 Å². The van der Waals surface area contributed by atoms with Crippen LogP contribution in [-0.4, -0.2) is 67.1 Å². The zero-order valence-corrected chi connectivity index (χ0v) is 21.8. The number of carbonyl (C=O) groups excluding carboxylic acids is 2. The summed E-state index contributed by atoms with van der Waals surface area (Å²) in [5.41, 5.74) is 2.68. The van der Waals surface area contributed by atoms with Crippen LogP contribution in [0.25, 0.3) is 0 Å². The Morgan fingerprint density at radius 3 is 2.51 bits per heavy atom. The van der Waals surface area contributed by atoms with Gasteiger partial charge in [-0.15, -0.1) is 0 Å². The van der Waals surface area contributed by atoms with Gasteiger partial charge in [-0.1, -0.05) is 36.9 Å². The summed E-state index contributed by atoms with van der Waals surface area (Å²) in [5, 5.41) is 22.2. The number of hydrogen-bond donors (Lipinski definition) is 2. The van der Waals surface area contributed by atoms with Crippen LogP contribution in [-0.2, 0) is 16.0 Å². The highest BCUT2D eigenvalue weighted by Crippen LogP contribution is 2.25. The Bertz CT molecular complexity index is 882. The first-order valence-electron chi connectivity index (χ1n) is 12.1. The lowest BCUT2D eigenvalue weighted by atomic mass is 10.1. The molecule has 2 amide bonds. The van der Waals surface area contributed by atoms with Gasteiger partial charge in [-0.05, 0) is 69.9 Å². The smallest absolute Gasteiger partial charge is 0.237 e. The third-order valence-electron chi connectivity index (χ3n) is 5.49. The maximum atomic E-state index is 10.9. The lowest BCUT2D eigenvalue weighted by Gasteiger charge is -2.26. The maximum Gasteiger partial charge on any atom is 0.237 e. The van der Waals surface area contributed by atoms with Crippen LogP contribution in [0.2, 0.25) is 0 Å². The number of aryl methyl sites for hydroxylation is 1. The fraction of sp³-hybridized carbons (Fsp3) is 0.538. The first kappa shape index (κ1) is 30.0. The van der Waals surface area contributed by atoms with E-state index in [9.17, 15) is 9.59 Å². The fourth-order valence-electron chi connectivity index (χ4n) is 3.64. The zero-order chi connectivity index (χ0) is 25.9. The minimum atomic E-state index is -0.404. The van der Waals surface area contributed by atoms with Crippen LogP contribution in [0.1, 0.15) is 47.4 Å². The highest BCUT2D eigenvalue weighted by molar-refractivity contribution is 8.04. The van der Waals surface area contributed by atoms with Crippen molar-refractivity contribution in [2.24, 2.45) is 0 Å². The van der Waals surface area contributed by atoms with Gasteiger partial charge >= 0.3 is 0 Å². The Kier molecular flexibility index (Phi) is 15.7. The lowest BCUT2D eigenvalue weighted by Crippen LogP contribution is -2.30. The van der Waals surface area contributed by atoms with E-state index in [4.69, 9.17) is 10.5 Å². The standard InChI is InChI=1S/C15H24N2.C6H9NOS.C5H5N3O.2H2/c1-16-15-9-5-7-14(13-15)8-6-12-17-10-3-2-4-11-17;1-3-7-5(2)9-4-6(7)8;6-2-1-5(9)8-4-3-7;;/h5,7,9,13,16H,2-4,6,8,10-12H2,1H3;2-4H2,1H3;1,4H2,(H,8,9);2*1H. The number of anilines is 1. The van der Waals surface area contributed by atoms with Gasteiger partial charge in [0, 0.05) is 22.1 Å². The number of amides is 2. The van der Waals surface area contributed by atoms with E-state index in [0.29, 0.717) is 5.75 Å². The summed E-state index contributed by atoms with van der Waals surface area (Å²) in [6, 6.07) is 12.1. The van der Waals surface area contributed by atoms with Crippen LogP contribution in [0.15, 0.2) is 35.9 Å². The molecule has 0 spiro atoms. The van der Waals surface area contributed by atoms with Crippen LogP contribution >= 0.6 is 11.8 Å². The first-order valence-corrected chi connectivity index (χ1v) is 13.0. The molecule has 0 radical (unpaired) electrons. The Labute approximate surface area is 217 Å². The van der Waals surface area contributed by atoms with Crippen LogP contribution in [0.3, 0.4) is 0 Å². The summed E-state index contributed by atoms with van der Waals surface area (Å²) in [7, 11) is 1.98. The van der Waals surface area contributed by atoms with E-state index in [1.165, 1.54) is 74.8 Å². The molecule has 0 aromatic heterocycles. The van der Waals surface area contributed by atoms with Crippen molar-refractivity contribution in [3.63, 3.8) is 0 Å². The molecular formula is C26H42N6O2S. The van der Waals surface area contributed by atoms with Gasteiger partial charge in [0.15, 0.2) is 0 Å². The molecule has 35 heavy (non-hydrogen) atoms. The van der Waals surface area contributed by atoms with Crippen LogP contribution in [0.5, 0.6) is 0 Å². The highest BCUT2D eigenvalue weighted by Gasteiger charge is 2.22. The van der Waals surface area contributed by atoms with Crippen LogP contribution in [0.4, 0.5) is 5.69 Å². The Balaban J connectivity index is 0. The summed E-state index contributed by atoms with van der Waals surface area (Å²) >= 11 is 1.52. The Morgan fingerprint density at radius 2 is 1.97 bits per heavy atom. The van der Waals surface area contributed by atoms with Crippen molar-refractivity contribution >= 4 is 29.3 Å². The van der Waals surface area contributed by atoms with Gasteiger partial charge in [-0.3, -0.25) is 9.59 Å².